The number of pyridine rings is 1. The molecule has 40 heavy (non-hydrogen) atoms. The van der Waals surface area contributed by atoms with Gasteiger partial charge in [0.2, 0.25) is 0 Å². The van der Waals surface area contributed by atoms with Crippen LogP contribution in [0.15, 0.2) is 23.3 Å². The highest BCUT2D eigenvalue weighted by molar-refractivity contribution is 5.56. The minimum atomic E-state index is -4.54. The van der Waals surface area contributed by atoms with Gasteiger partial charge >= 0.3 is 11.9 Å². The number of nitrogens with zero attached hydrogens (tertiary/aromatic N) is 3. The van der Waals surface area contributed by atoms with Gasteiger partial charge in [-0.25, -0.2) is 15.6 Å². The molecule has 8 nitrogen and oxygen atoms in total. The lowest BCUT2D eigenvalue weighted by Crippen LogP contribution is -2.47. The van der Waals surface area contributed by atoms with Gasteiger partial charge in [-0.05, 0) is 87.3 Å². The number of fused-ring (bicyclic) bond motifs is 1. The van der Waals surface area contributed by atoms with E-state index in [-0.39, 0.29) is 34.9 Å². The van der Waals surface area contributed by atoms with E-state index in [0.29, 0.717) is 30.6 Å². The van der Waals surface area contributed by atoms with Crippen molar-refractivity contribution in [1.29, 1.82) is 0 Å². The molecule has 0 bridgehead atoms. The van der Waals surface area contributed by atoms with Gasteiger partial charge in [0.1, 0.15) is 0 Å². The molecule has 0 spiro atoms. The van der Waals surface area contributed by atoms with Crippen molar-refractivity contribution in [2.75, 3.05) is 26.9 Å². The first-order valence-electron chi connectivity index (χ1n) is 15.0. The Hall–Kier alpha value is -1.92. The van der Waals surface area contributed by atoms with Crippen molar-refractivity contribution in [3.8, 4) is 0 Å². The summed E-state index contributed by atoms with van der Waals surface area (Å²) < 4.78 is 51.6. The molecule has 0 amide bonds. The van der Waals surface area contributed by atoms with Crippen molar-refractivity contribution >= 4 is 5.52 Å². The molecule has 6 rings (SSSR count). The minimum absolute atomic E-state index is 0.0495. The normalized spacial score (nSPS) is 30.1. The van der Waals surface area contributed by atoms with Crippen molar-refractivity contribution in [3.63, 3.8) is 0 Å². The lowest BCUT2D eigenvalue weighted by atomic mass is 9.74. The van der Waals surface area contributed by atoms with Gasteiger partial charge in [0.25, 0.3) is 0 Å². The SMILES string of the molecule is COC1(C[C@@H](C2CCCC(n3cc4c(C(F)(F)F)cc(CN5CCC[C@H](C)C5)cn4c3=O)C2)C2NCNN2)CC1. The molecule has 0 radical (unpaired) electrons. The summed E-state index contributed by atoms with van der Waals surface area (Å²) in [7, 11) is 1.78. The highest BCUT2D eigenvalue weighted by atomic mass is 19.4. The average molecular weight is 565 g/mol. The largest absolute Gasteiger partial charge is 0.418 e. The van der Waals surface area contributed by atoms with Crippen molar-refractivity contribution in [2.24, 2.45) is 17.8 Å². The zero-order chi connectivity index (χ0) is 28.1. The molecule has 2 aromatic heterocycles. The number of ether oxygens (including phenoxy) is 1. The molecule has 5 atom stereocenters. The maximum atomic E-state index is 14.3. The smallest absolute Gasteiger partial charge is 0.378 e. The summed E-state index contributed by atoms with van der Waals surface area (Å²) in [5.41, 5.74) is 5.86. The fourth-order valence-corrected chi connectivity index (χ4v) is 7.62. The van der Waals surface area contributed by atoms with Crippen LogP contribution in [0.4, 0.5) is 13.2 Å². The number of alkyl halides is 3. The van der Waals surface area contributed by atoms with Crippen LogP contribution in [-0.2, 0) is 17.5 Å². The zero-order valence-electron chi connectivity index (χ0n) is 23.6. The Morgan fingerprint density at radius 1 is 1.18 bits per heavy atom. The van der Waals surface area contributed by atoms with Crippen LogP contribution < -0.4 is 21.9 Å². The quantitative estimate of drug-likeness (QED) is 0.445. The highest BCUT2D eigenvalue weighted by Gasteiger charge is 2.48. The lowest BCUT2D eigenvalue weighted by molar-refractivity contribution is -0.136. The molecule has 4 heterocycles. The monoisotopic (exact) mass is 564 g/mol. The molecule has 2 aliphatic carbocycles. The van der Waals surface area contributed by atoms with Crippen LogP contribution in [0.5, 0.6) is 0 Å². The fraction of sp³-hybridized carbons (Fsp3) is 0.759. The summed E-state index contributed by atoms with van der Waals surface area (Å²) in [5, 5.41) is 3.50. The summed E-state index contributed by atoms with van der Waals surface area (Å²) >= 11 is 0. The zero-order valence-corrected chi connectivity index (χ0v) is 23.6. The van der Waals surface area contributed by atoms with E-state index in [9.17, 15) is 18.0 Å². The second-order valence-corrected chi connectivity index (χ2v) is 12.8. The molecule has 2 aliphatic heterocycles. The third-order valence-electron chi connectivity index (χ3n) is 9.93. The van der Waals surface area contributed by atoms with E-state index >= 15 is 0 Å². The number of hydrogen-bond acceptors (Lipinski definition) is 6. The van der Waals surface area contributed by atoms with Crippen LogP contribution in [0, 0.1) is 17.8 Å². The molecular weight excluding hydrogens is 521 g/mol. The first-order valence-corrected chi connectivity index (χ1v) is 15.0. The Morgan fingerprint density at radius 3 is 2.67 bits per heavy atom. The molecule has 3 N–H and O–H groups in total. The summed E-state index contributed by atoms with van der Waals surface area (Å²) in [6.07, 6.45) is 7.41. The number of hydrazine groups is 1. The van der Waals surface area contributed by atoms with E-state index in [1.54, 1.807) is 17.9 Å². The van der Waals surface area contributed by atoms with Crippen LogP contribution in [-0.4, -0.2) is 52.5 Å². The molecule has 2 aromatic rings. The first kappa shape index (κ1) is 28.2. The predicted molar refractivity (Wildman–Crippen MR) is 146 cm³/mol. The summed E-state index contributed by atoms with van der Waals surface area (Å²) in [4.78, 5) is 15.9. The number of rotatable bonds is 8. The molecule has 2 saturated heterocycles. The van der Waals surface area contributed by atoms with Crippen molar-refractivity contribution in [3.05, 3.63) is 40.1 Å². The van der Waals surface area contributed by atoms with Crippen molar-refractivity contribution in [1.82, 2.24) is 30.0 Å². The standard InChI is InChI=1S/C29H43F3N6O2/c1-19-5-4-10-36(14-19)15-20-11-24(29(30,31)32)25-17-37(27(39)38(25)16-20)22-7-3-6-21(12-22)23(26-33-18-34-35-26)13-28(40-2)8-9-28/h11,16-17,19,21-23,26,33-35H,3-10,12-15,18H2,1-2H3/t19-,21?,22?,23-,26?/m0/s1. The van der Waals surface area contributed by atoms with E-state index in [2.05, 4.69) is 28.0 Å². The number of halogens is 3. The number of aromatic nitrogens is 2. The van der Waals surface area contributed by atoms with Gasteiger partial charge in [-0.15, -0.1) is 0 Å². The van der Waals surface area contributed by atoms with Crippen LogP contribution in [0.2, 0.25) is 0 Å². The second kappa shape index (κ2) is 11.1. The maximum absolute atomic E-state index is 14.3. The molecule has 222 valence electrons. The van der Waals surface area contributed by atoms with Gasteiger partial charge in [-0.1, -0.05) is 13.3 Å². The first-order chi connectivity index (χ1) is 19.2. The highest BCUT2D eigenvalue weighted by Crippen LogP contribution is 2.49. The number of hydrogen-bond donors (Lipinski definition) is 3. The van der Waals surface area contributed by atoms with Gasteiger partial charge in [0, 0.05) is 38.6 Å². The molecule has 2 saturated carbocycles. The van der Waals surface area contributed by atoms with Gasteiger partial charge < -0.3 is 4.74 Å². The van der Waals surface area contributed by atoms with Crippen LogP contribution in [0.1, 0.15) is 81.9 Å². The van der Waals surface area contributed by atoms with Gasteiger partial charge in [-0.3, -0.25) is 19.2 Å². The Bertz CT molecular complexity index is 1250. The lowest BCUT2D eigenvalue weighted by Gasteiger charge is -2.39. The topological polar surface area (TPSA) is 75.0 Å². The van der Waals surface area contributed by atoms with Gasteiger partial charge in [-0.2, -0.15) is 13.2 Å². The third kappa shape index (κ3) is 5.72. The fourth-order valence-electron chi connectivity index (χ4n) is 7.62. The average Bonchev–Trinajstić information content (AvgIpc) is 3.33. The summed E-state index contributed by atoms with van der Waals surface area (Å²) in [5.74, 6) is 1.14. The van der Waals surface area contributed by atoms with Crippen LogP contribution >= 0.6 is 0 Å². The number of nitrogens with one attached hydrogen (secondary N) is 3. The van der Waals surface area contributed by atoms with E-state index in [4.69, 9.17) is 4.74 Å². The summed E-state index contributed by atoms with van der Waals surface area (Å²) in [6.45, 7) is 5.02. The molecular formula is C29H43F3N6O2. The van der Waals surface area contributed by atoms with Gasteiger partial charge in [0.05, 0.1) is 29.5 Å². The minimum Gasteiger partial charge on any atom is -0.378 e. The number of likely N-dealkylation sites (tertiary alicyclic amines) is 1. The van der Waals surface area contributed by atoms with E-state index in [1.807, 2.05) is 0 Å². The number of piperidine rings is 1. The summed E-state index contributed by atoms with van der Waals surface area (Å²) in [6, 6.07) is 1.12. The predicted octanol–water partition coefficient (Wildman–Crippen LogP) is 4.25. The second-order valence-electron chi connectivity index (χ2n) is 12.8. The van der Waals surface area contributed by atoms with Crippen molar-refractivity contribution < 1.29 is 17.9 Å². The van der Waals surface area contributed by atoms with E-state index in [1.165, 1.54) is 16.7 Å². The Morgan fingerprint density at radius 2 is 2.00 bits per heavy atom. The Balaban J connectivity index is 1.29. The van der Waals surface area contributed by atoms with E-state index < -0.39 is 11.7 Å². The van der Waals surface area contributed by atoms with E-state index in [0.717, 1.165) is 70.9 Å². The molecule has 11 heteroatoms. The third-order valence-corrected chi connectivity index (χ3v) is 9.93. The Labute approximate surface area is 233 Å². The number of methoxy groups -OCH3 is 1. The molecule has 4 aliphatic rings. The van der Waals surface area contributed by atoms with Crippen LogP contribution in [0.25, 0.3) is 5.52 Å². The Kier molecular flexibility index (Phi) is 7.80. The number of imidazole rings is 1. The maximum Gasteiger partial charge on any atom is 0.418 e. The molecule has 0 aromatic carbocycles. The van der Waals surface area contributed by atoms with Gasteiger partial charge in [0.15, 0.2) is 0 Å². The van der Waals surface area contributed by atoms with Crippen LogP contribution in [0.3, 0.4) is 0 Å². The molecule has 3 unspecified atom stereocenters. The van der Waals surface area contributed by atoms with Crippen molar-refractivity contribution in [2.45, 2.75) is 95.2 Å². The molecule has 4 fully saturated rings.